The van der Waals surface area contributed by atoms with E-state index >= 15 is 0 Å². The minimum absolute atomic E-state index is 0.0359. The molecule has 0 radical (unpaired) electrons. The molecular formula is C19H24N6O2S. The molecule has 0 unspecified atom stereocenters. The van der Waals surface area contributed by atoms with Gasteiger partial charge in [-0.1, -0.05) is 30.7 Å². The van der Waals surface area contributed by atoms with Gasteiger partial charge in [-0.2, -0.15) is 4.68 Å². The molecule has 0 spiro atoms. The van der Waals surface area contributed by atoms with E-state index in [1.54, 1.807) is 16.8 Å². The zero-order valence-electron chi connectivity index (χ0n) is 16.3. The van der Waals surface area contributed by atoms with Crippen LogP contribution in [0.4, 0.5) is 0 Å². The van der Waals surface area contributed by atoms with Crippen LogP contribution >= 0.6 is 0 Å². The SMILES string of the molecule is CCN(CCS(=O)(=O)c1ccc(C)cc1)Cc1nnnn1-c1cccc(C)n1. The third kappa shape index (κ3) is 4.79. The van der Waals surface area contributed by atoms with E-state index in [-0.39, 0.29) is 5.75 Å². The first-order chi connectivity index (χ1) is 13.4. The van der Waals surface area contributed by atoms with Crippen molar-refractivity contribution in [2.45, 2.75) is 32.2 Å². The van der Waals surface area contributed by atoms with Gasteiger partial charge in [0, 0.05) is 12.2 Å². The molecule has 0 aliphatic heterocycles. The summed E-state index contributed by atoms with van der Waals surface area (Å²) in [7, 11) is -3.34. The molecule has 148 valence electrons. The summed E-state index contributed by atoms with van der Waals surface area (Å²) in [5, 5.41) is 11.9. The molecule has 0 bridgehead atoms. The topological polar surface area (TPSA) is 93.9 Å². The van der Waals surface area contributed by atoms with Gasteiger partial charge in [-0.05, 0) is 55.1 Å². The number of pyridine rings is 1. The van der Waals surface area contributed by atoms with Gasteiger partial charge in [0.05, 0.1) is 17.2 Å². The molecule has 0 saturated heterocycles. The van der Waals surface area contributed by atoms with Crippen LogP contribution < -0.4 is 0 Å². The predicted molar refractivity (Wildman–Crippen MR) is 106 cm³/mol. The molecule has 8 nitrogen and oxygen atoms in total. The van der Waals surface area contributed by atoms with Gasteiger partial charge in [-0.15, -0.1) is 5.10 Å². The third-order valence-electron chi connectivity index (χ3n) is 4.49. The largest absolute Gasteiger partial charge is 0.295 e. The monoisotopic (exact) mass is 400 g/mol. The summed E-state index contributed by atoms with van der Waals surface area (Å²) in [5.74, 6) is 1.30. The van der Waals surface area contributed by atoms with Crippen LogP contribution in [0, 0.1) is 13.8 Å². The predicted octanol–water partition coefficient (Wildman–Crippen LogP) is 1.97. The van der Waals surface area contributed by atoms with Gasteiger partial charge in [0.15, 0.2) is 21.5 Å². The highest BCUT2D eigenvalue weighted by Crippen LogP contribution is 2.13. The van der Waals surface area contributed by atoms with Crippen molar-refractivity contribution in [3.63, 3.8) is 0 Å². The van der Waals surface area contributed by atoms with Gasteiger partial charge in [0.1, 0.15) is 0 Å². The first-order valence-corrected chi connectivity index (χ1v) is 10.8. The zero-order valence-corrected chi connectivity index (χ0v) is 17.1. The Balaban J connectivity index is 1.70. The maximum Gasteiger partial charge on any atom is 0.179 e. The molecule has 0 fully saturated rings. The zero-order chi connectivity index (χ0) is 20.1. The molecule has 0 amide bonds. The molecule has 0 aliphatic rings. The van der Waals surface area contributed by atoms with Crippen LogP contribution in [0.3, 0.4) is 0 Å². The smallest absolute Gasteiger partial charge is 0.179 e. The van der Waals surface area contributed by atoms with Crippen LogP contribution in [0.5, 0.6) is 0 Å². The molecule has 0 aliphatic carbocycles. The maximum absolute atomic E-state index is 12.6. The number of rotatable bonds is 8. The number of benzene rings is 1. The Kier molecular flexibility index (Phi) is 6.15. The van der Waals surface area contributed by atoms with Crippen LogP contribution in [0.1, 0.15) is 24.0 Å². The van der Waals surface area contributed by atoms with E-state index in [0.717, 1.165) is 11.3 Å². The highest BCUT2D eigenvalue weighted by molar-refractivity contribution is 7.91. The lowest BCUT2D eigenvalue weighted by Gasteiger charge is -2.19. The summed E-state index contributed by atoms with van der Waals surface area (Å²) in [5.41, 5.74) is 1.90. The Hall–Kier alpha value is -2.65. The van der Waals surface area contributed by atoms with Crippen molar-refractivity contribution in [3.8, 4) is 5.82 Å². The summed E-state index contributed by atoms with van der Waals surface area (Å²) < 4.78 is 26.8. The maximum atomic E-state index is 12.6. The van der Waals surface area contributed by atoms with Gasteiger partial charge >= 0.3 is 0 Å². The highest BCUT2D eigenvalue weighted by atomic mass is 32.2. The Bertz CT molecular complexity index is 1030. The second kappa shape index (κ2) is 8.57. The van der Waals surface area contributed by atoms with E-state index < -0.39 is 9.84 Å². The van der Waals surface area contributed by atoms with Gasteiger partial charge in [-0.3, -0.25) is 4.90 Å². The van der Waals surface area contributed by atoms with Gasteiger partial charge < -0.3 is 0 Å². The van der Waals surface area contributed by atoms with Gasteiger partial charge in [-0.25, -0.2) is 13.4 Å². The molecule has 3 aromatic rings. The third-order valence-corrected chi connectivity index (χ3v) is 6.20. The number of hydrogen-bond acceptors (Lipinski definition) is 7. The average molecular weight is 401 g/mol. The number of hydrogen-bond donors (Lipinski definition) is 0. The molecule has 0 saturated carbocycles. The van der Waals surface area contributed by atoms with Crippen molar-refractivity contribution in [2.24, 2.45) is 0 Å². The molecule has 0 atom stereocenters. The highest BCUT2D eigenvalue weighted by Gasteiger charge is 2.18. The van der Waals surface area contributed by atoms with Crippen LogP contribution in [0.15, 0.2) is 47.4 Å². The lowest BCUT2D eigenvalue weighted by atomic mass is 10.2. The molecular weight excluding hydrogens is 376 g/mol. The quantitative estimate of drug-likeness (QED) is 0.570. The lowest BCUT2D eigenvalue weighted by Crippen LogP contribution is -2.30. The van der Waals surface area contributed by atoms with E-state index in [1.807, 2.05) is 56.0 Å². The van der Waals surface area contributed by atoms with Crippen molar-refractivity contribution in [1.82, 2.24) is 30.1 Å². The van der Waals surface area contributed by atoms with Gasteiger partial charge in [0.2, 0.25) is 0 Å². The van der Waals surface area contributed by atoms with E-state index in [9.17, 15) is 8.42 Å². The van der Waals surface area contributed by atoms with Crippen LogP contribution in [0.25, 0.3) is 5.82 Å². The number of aromatic nitrogens is 5. The minimum Gasteiger partial charge on any atom is -0.295 e. The normalized spacial score (nSPS) is 11.9. The minimum atomic E-state index is -3.34. The van der Waals surface area contributed by atoms with E-state index in [4.69, 9.17) is 0 Å². The van der Waals surface area contributed by atoms with E-state index in [1.165, 1.54) is 0 Å². The second-order valence-corrected chi connectivity index (χ2v) is 8.75. The Morgan fingerprint density at radius 2 is 1.82 bits per heavy atom. The summed E-state index contributed by atoms with van der Waals surface area (Å²) in [4.78, 5) is 6.80. The fourth-order valence-corrected chi connectivity index (χ4v) is 4.08. The fraction of sp³-hybridized carbons (Fsp3) is 0.368. The van der Waals surface area contributed by atoms with Crippen molar-refractivity contribution in [1.29, 1.82) is 0 Å². The Morgan fingerprint density at radius 1 is 1.07 bits per heavy atom. The summed E-state index contributed by atoms with van der Waals surface area (Å²) in [6.45, 7) is 7.32. The van der Waals surface area contributed by atoms with E-state index in [0.29, 0.717) is 36.2 Å². The standard InChI is InChI=1S/C19H24N6O2S/c1-4-24(12-13-28(26,27)17-10-8-15(2)9-11-17)14-19-21-22-23-25(19)18-7-5-6-16(3)20-18/h5-11H,4,12-14H2,1-3H3. The Morgan fingerprint density at radius 3 is 2.50 bits per heavy atom. The molecule has 3 rings (SSSR count). The van der Waals surface area contributed by atoms with Crippen molar-refractivity contribution in [2.75, 3.05) is 18.8 Å². The van der Waals surface area contributed by atoms with E-state index in [2.05, 4.69) is 20.5 Å². The molecule has 1 aromatic carbocycles. The second-order valence-electron chi connectivity index (χ2n) is 6.64. The number of tetrazole rings is 1. The van der Waals surface area contributed by atoms with Crippen molar-refractivity contribution < 1.29 is 8.42 Å². The molecule has 9 heteroatoms. The molecule has 0 N–H and O–H groups in total. The fourth-order valence-electron chi connectivity index (χ4n) is 2.79. The first kappa shape index (κ1) is 20.1. The average Bonchev–Trinajstić information content (AvgIpc) is 3.13. The van der Waals surface area contributed by atoms with Gasteiger partial charge in [0.25, 0.3) is 0 Å². The molecule has 2 heterocycles. The van der Waals surface area contributed by atoms with Crippen LogP contribution in [-0.2, 0) is 16.4 Å². The molecule has 2 aromatic heterocycles. The molecule has 28 heavy (non-hydrogen) atoms. The lowest BCUT2D eigenvalue weighted by molar-refractivity contribution is 0.286. The summed E-state index contributed by atoms with van der Waals surface area (Å²) in [6.07, 6.45) is 0. The summed E-state index contributed by atoms with van der Waals surface area (Å²) >= 11 is 0. The van der Waals surface area contributed by atoms with Crippen molar-refractivity contribution >= 4 is 9.84 Å². The summed E-state index contributed by atoms with van der Waals surface area (Å²) in [6, 6.07) is 12.6. The Labute approximate surface area is 165 Å². The number of aryl methyl sites for hydroxylation is 2. The van der Waals surface area contributed by atoms with Crippen molar-refractivity contribution in [3.05, 3.63) is 59.5 Å². The van der Waals surface area contributed by atoms with Crippen LogP contribution in [0.2, 0.25) is 0 Å². The number of sulfone groups is 1. The first-order valence-electron chi connectivity index (χ1n) is 9.12. The van der Waals surface area contributed by atoms with Crippen LogP contribution in [-0.4, -0.2) is 57.4 Å². The number of nitrogens with zero attached hydrogens (tertiary/aromatic N) is 6.